The van der Waals surface area contributed by atoms with Crippen LogP contribution in [-0.4, -0.2) is 32.6 Å². The molecular weight excluding hydrogens is 392 g/mol. The zero-order valence-electron chi connectivity index (χ0n) is 17.7. The van der Waals surface area contributed by atoms with Gasteiger partial charge in [-0.2, -0.15) is 10.4 Å². The Bertz CT molecular complexity index is 1330. The normalized spacial score (nSPS) is 11.0. The number of fused-ring (bicyclic) bond motifs is 1. The molecule has 0 saturated heterocycles. The Labute approximate surface area is 179 Å². The molecule has 0 unspecified atom stereocenters. The summed E-state index contributed by atoms with van der Waals surface area (Å²) < 4.78 is 8.74. The number of nitrogens with zero attached hydrogens (tertiary/aromatic N) is 5. The molecule has 31 heavy (non-hydrogen) atoms. The molecule has 8 heteroatoms. The van der Waals surface area contributed by atoms with E-state index in [1.165, 1.54) is 0 Å². The van der Waals surface area contributed by atoms with Gasteiger partial charge in [0.2, 0.25) is 0 Å². The van der Waals surface area contributed by atoms with E-state index < -0.39 is 0 Å². The highest BCUT2D eigenvalue weighted by Gasteiger charge is 2.19. The number of amides is 1. The molecule has 8 nitrogen and oxygen atoms in total. The highest BCUT2D eigenvalue weighted by Crippen LogP contribution is 2.28. The molecule has 2 heterocycles. The fourth-order valence-corrected chi connectivity index (χ4v) is 3.72. The van der Waals surface area contributed by atoms with Gasteiger partial charge >= 0.3 is 0 Å². The second-order valence-corrected chi connectivity index (χ2v) is 7.51. The summed E-state index contributed by atoms with van der Waals surface area (Å²) >= 11 is 0. The number of aryl methyl sites for hydroxylation is 1. The van der Waals surface area contributed by atoms with Gasteiger partial charge in [0.1, 0.15) is 5.69 Å². The number of carbonyl (C=O) groups excluding carboxylic acids is 1. The molecule has 0 atom stereocenters. The Morgan fingerprint density at radius 2 is 2.06 bits per heavy atom. The fraction of sp³-hybridized carbons (Fsp3) is 0.217. The number of nitrogens with one attached hydrogen (secondary N) is 1. The quantitative estimate of drug-likeness (QED) is 0.532. The van der Waals surface area contributed by atoms with Crippen molar-refractivity contribution < 1.29 is 9.53 Å². The van der Waals surface area contributed by atoms with Crippen LogP contribution in [0.2, 0.25) is 0 Å². The topological polar surface area (TPSA) is 97.8 Å². The van der Waals surface area contributed by atoms with E-state index in [2.05, 4.69) is 21.6 Å². The SMILES string of the molecule is COc1nn(C)cc1-n1ncc2ccc(NC(=O)c3cccc(C#N)c3C(C)C)cc21. The van der Waals surface area contributed by atoms with Crippen molar-refractivity contribution in [3.63, 3.8) is 0 Å². The number of methoxy groups -OCH3 is 1. The number of benzene rings is 2. The van der Waals surface area contributed by atoms with Gasteiger partial charge in [-0.05, 0) is 41.8 Å². The number of rotatable bonds is 5. The molecule has 0 fully saturated rings. The number of ether oxygens (including phenoxy) is 1. The first-order chi connectivity index (χ1) is 14.9. The average Bonchev–Trinajstić information content (AvgIpc) is 3.35. The number of hydrogen-bond acceptors (Lipinski definition) is 5. The van der Waals surface area contributed by atoms with Crippen LogP contribution in [0, 0.1) is 11.3 Å². The molecule has 0 aliphatic rings. The lowest BCUT2D eigenvalue weighted by molar-refractivity contribution is 0.102. The number of hydrogen-bond donors (Lipinski definition) is 1. The summed E-state index contributed by atoms with van der Waals surface area (Å²) in [4.78, 5) is 13.1. The Morgan fingerprint density at radius 1 is 1.26 bits per heavy atom. The standard InChI is InChI=1S/C23H22N6O2/c1-14(2)21-15(11-24)6-5-7-18(21)22(30)26-17-9-8-16-12-25-29(19(16)10-17)20-13-28(3)27-23(20)31-4/h5-10,12-14H,1-4H3,(H,26,30). The van der Waals surface area contributed by atoms with Gasteiger partial charge < -0.3 is 10.1 Å². The van der Waals surface area contributed by atoms with E-state index in [1.54, 1.807) is 40.9 Å². The summed E-state index contributed by atoms with van der Waals surface area (Å²) in [5.41, 5.74) is 3.88. The van der Waals surface area contributed by atoms with Crippen LogP contribution in [0.4, 0.5) is 5.69 Å². The third-order valence-corrected chi connectivity index (χ3v) is 5.08. The van der Waals surface area contributed by atoms with Crippen molar-refractivity contribution in [1.29, 1.82) is 5.26 Å². The molecule has 0 radical (unpaired) electrons. The van der Waals surface area contributed by atoms with E-state index in [0.717, 1.165) is 16.5 Å². The Hall–Kier alpha value is -4.12. The van der Waals surface area contributed by atoms with E-state index in [0.29, 0.717) is 28.4 Å². The number of aromatic nitrogens is 4. The molecule has 0 spiro atoms. The molecule has 0 aliphatic heterocycles. The van der Waals surface area contributed by atoms with Crippen molar-refractivity contribution in [2.24, 2.45) is 7.05 Å². The molecule has 156 valence electrons. The molecule has 0 aliphatic carbocycles. The number of carbonyl (C=O) groups is 1. The first-order valence-corrected chi connectivity index (χ1v) is 9.83. The van der Waals surface area contributed by atoms with Gasteiger partial charge in [0.25, 0.3) is 11.8 Å². The predicted octanol–water partition coefficient (Wildman–Crippen LogP) is 4.01. The minimum Gasteiger partial charge on any atom is -0.478 e. The zero-order chi connectivity index (χ0) is 22.1. The minimum absolute atomic E-state index is 0.0403. The van der Waals surface area contributed by atoms with E-state index in [-0.39, 0.29) is 11.8 Å². The molecule has 0 saturated carbocycles. The smallest absolute Gasteiger partial charge is 0.258 e. The van der Waals surface area contributed by atoms with E-state index in [1.807, 2.05) is 45.3 Å². The summed E-state index contributed by atoms with van der Waals surface area (Å²) in [5, 5.41) is 22.0. The third-order valence-electron chi connectivity index (χ3n) is 5.08. The first kappa shape index (κ1) is 20.2. The van der Waals surface area contributed by atoms with Crippen LogP contribution in [0.25, 0.3) is 16.6 Å². The van der Waals surface area contributed by atoms with E-state index in [9.17, 15) is 10.1 Å². The van der Waals surface area contributed by atoms with Crippen molar-refractivity contribution in [2.45, 2.75) is 19.8 Å². The van der Waals surface area contributed by atoms with Crippen molar-refractivity contribution in [1.82, 2.24) is 19.6 Å². The highest BCUT2D eigenvalue weighted by molar-refractivity contribution is 6.06. The van der Waals surface area contributed by atoms with Crippen LogP contribution < -0.4 is 10.1 Å². The minimum atomic E-state index is -0.259. The second kappa shape index (κ2) is 7.95. The number of anilines is 1. The van der Waals surface area contributed by atoms with Gasteiger partial charge in [-0.1, -0.05) is 19.9 Å². The lowest BCUT2D eigenvalue weighted by atomic mass is 9.92. The van der Waals surface area contributed by atoms with Crippen LogP contribution in [0.5, 0.6) is 5.88 Å². The Kier molecular flexibility index (Phi) is 5.17. The van der Waals surface area contributed by atoms with Crippen molar-refractivity contribution in [2.75, 3.05) is 12.4 Å². The molecule has 0 bridgehead atoms. The molecule has 4 rings (SSSR count). The highest BCUT2D eigenvalue weighted by atomic mass is 16.5. The Balaban J connectivity index is 1.72. The lowest BCUT2D eigenvalue weighted by Crippen LogP contribution is -2.16. The van der Waals surface area contributed by atoms with Gasteiger partial charge in [-0.25, -0.2) is 4.68 Å². The van der Waals surface area contributed by atoms with Gasteiger partial charge in [0, 0.05) is 23.7 Å². The maximum absolute atomic E-state index is 13.1. The molecular formula is C23H22N6O2. The molecule has 1 N–H and O–H groups in total. The maximum Gasteiger partial charge on any atom is 0.258 e. The Morgan fingerprint density at radius 3 is 2.77 bits per heavy atom. The third kappa shape index (κ3) is 3.62. The summed E-state index contributed by atoms with van der Waals surface area (Å²) in [5.74, 6) is 0.237. The summed E-state index contributed by atoms with van der Waals surface area (Å²) in [6.45, 7) is 3.94. The molecule has 1 amide bonds. The summed E-state index contributed by atoms with van der Waals surface area (Å²) in [6, 6.07) is 13.0. The lowest BCUT2D eigenvalue weighted by Gasteiger charge is -2.14. The van der Waals surface area contributed by atoms with Gasteiger partial charge in [0.05, 0.1) is 36.7 Å². The predicted molar refractivity (Wildman–Crippen MR) is 118 cm³/mol. The monoisotopic (exact) mass is 414 g/mol. The van der Waals surface area contributed by atoms with Gasteiger partial charge in [-0.15, -0.1) is 5.10 Å². The van der Waals surface area contributed by atoms with Crippen LogP contribution in [0.1, 0.15) is 41.3 Å². The van der Waals surface area contributed by atoms with Crippen LogP contribution >= 0.6 is 0 Å². The molecule has 2 aromatic carbocycles. The van der Waals surface area contributed by atoms with Gasteiger partial charge in [-0.3, -0.25) is 9.48 Å². The van der Waals surface area contributed by atoms with E-state index in [4.69, 9.17) is 4.74 Å². The first-order valence-electron chi connectivity index (χ1n) is 9.83. The van der Waals surface area contributed by atoms with Gasteiger partial charge in [0.15, 0.2) is 0 Å². The van der Waals surface area contributed by atoms with Crippen molar-refractivity contribution in [3.05, 3.63) is 65.5 Å². The average molecular weight is 414 g/mol. The molecule has 2 aromatic heterocycles. The zero-order valence-corrected chi connectivity index (χ0v) is 17.7. The van der Waals surface area contributed by atoms with Crippen LogP contribution in [0.15, 0.2) is 48.8 Å². The largest absolute Gasteiger partial charge is 0.478 e. The van der Waals surface area contributed by atoms with Crippen molar-refractivity contribution in [3.8, 4) is 17.6 Å². The maximum atomic E-state index is 13.1. The van der Waals surface area contributed by atoms with E-state index >= 15 is 0 Å². The number of nitriles is 1. The van der Waals surface area contributed by atoms with Crippen LogP contribution in [0.3, 0.4) is 0 Å². The fourth-order valence-electron chi connectivity index (χ4n) is 3.72. The van der Waals surface area contributed by atoms with Crippen molar-refractivity contribution >= 4 is 22.5 Å². The summed E-state index contributed by atoms with van der Waals surface area (Å²) in [7, 11) is 3.37. The van der Waals surface area contributed by atoms with Crippen LogP contribution in [-0.2, 0) is 7.05 Å². The summed E-state index contributed by atoms with van der Waals surface area (Å²) in [6.07, 6.45) is 3.57. The molecule has 4 aromatic rings. The second-order valence-electron chi connectivity index (χ2n) is 7.51.